The van der Waals surface area contributed by atoms with Crippen molar-refractivity contribution in [3.63, 3.8) is 0 Å². The lowest BCUT2D eigenvalue weighted by atomic mass is 10.1. The van der Waals surface area contributed by atoms with Crippen LogP contribution < -0.4 is 5.73 Å². The molecule has 1 unspecified atom stereocenters. The molecule has 4 heteroatoms. The van der Waals surface area contributed by atoms with Crippen molar-refractivity contribution in [3.05, 3.63) is 36.0 Å². The Morgan fingerprint density at radius 1 is 1.47 bits per heavy atom. The molecule has 2 rings (SSSR count). The number of esters is 1. The molecule has 2 aromatic rings. The SMILES string of the molecule is CCOC(=O)C(N)Cc1ccc2cc[nH]c2c1. The zero-order valence-corrected chi connectivity index (χ0v) is 9.77. The Bertz CT molecular complexity index is 519. The highest BCUT2D eigenvalue weighted by Gasteiger charge is 2.15. The molecule has 17 heavy (non-hydrogen) atoms. The van der Waals surface area contributed by atoms with E-state index in [1.54, 1.807) is 6.92 Å². The Balaban J connectivity index is 2.09. The maximum atomic E-state index is 11.4. The zero-order chi connectivity index (χ0) is 12.3. The van der Waals surface area contributed by atoms with Crippen LogP contribution in [0, 0.1) is 0 Å². The molecule has 4 nitrogen and oxygen atoms in total. The van der Waals surface area contributed by atoms with Crippen molar-refractivity contribution in [1.29, 1.82) is 0 Å². The number of hydrogen-bond acceptors (Lipinski definition) is 3. The van der Waals surface area contributed by atoms with Crippen molar-refractivity contribution in [2.45, 2.75) is 19.4 Å². The second-order valence-electron chi connectivity index (χ2n) is 3.96. The van der Waals surface area contributed by atoms with Crippen molar-refractivity contribution in [3.8, 4) is 0 Å². The molecule has 0 saturated heterocycles. The molecule has 1 aromatic heterocycles. The Morgan fingerprint density at radius 2 is 2.29 bits per heavy atom. The van der Waals surface area contributed by atoms with Gasteiger partial charge in [-0.05, 0) is 36.4 Å². The summed E-state index contributed by atoms with van der Waals surface area (Å²) >= 11 is 0. The minimum atomic E-state index is -0.595. The Morgan fingerprint density at radius 3 is 3.06 bits per heavy atom. The van der Waals surface area contributed by atoms with E-state index in [2.05, 4.69) is 4.98 Å². The molecular weight excluding hydrogens is 216 g/mol. The van der Waals surface area contributed by atoms with Gasteiger partial charge in [-0.2, -0.15) is 0 Å². The molecule has 0 aliphatic heterocycles. The van der Waals surface area contributed by atoms with Gasteiger partial charge in [0.15, 0.2) is 0 Å². The number of ether oxygens (including phenoxy) is 1. The number of hydrogen-bond donors (Lipinski definition) is 2. The molecule has 1 atom stereocenters. The van der Waals surface area contributed by atoms with Crippen LogP contribution in [-0.2, 0) is 16.0 Å². The van der Waals surface area contributed by atoms with Gasteiger partial charge in [0.1, 0.15) is 6.04 Å². The molecular formula is C13H16N2O2. The van der Waals surface area contributed by atoms with Crippen molar-refractivity contribution < 1.29 is 9.53 Å². The molecule has 90 valence electrons. The second-order valence-corrected chi connectivity index (χ2v) is 3.96. The summed E-state index contributed by atoms with van der Waals surface area (Å²) in [5, 5.41) is 1.15. The molecule has 0 saturated carbocycles. The zero-order valence-electron chi connectivity index (χ0n) is 9.77. The largest absolute Gasteiger partial charge is 0.465 e. The van der Waals surface area contributed by atoms with E-state index in [0.29, 0.717) is 13.0 Å². The number of fused-ring (bicyclic) bond motifs is 1. The third-order valence-corrected chi connectivity index (χ3v) is 2.66. The molecule has 0 spiro atoms. The summed E-state index contributed by atoms with van der Waals surface area (Å²) < 4.78 is 4.88. The summed E-state index contributed by atoms with van der Waals surface area (Å²) in [6.07, 6.45) is 2.38. The Labute approximate surface area is 99.8 Å². The number of benzene rings is 1. The van der Waals surface area contributed by atoms with E-state index in [1.165, 1.54) is 0 Å². The first-order chi connectivity index (χ1) is 8.20. The molecule has 0 radical (unpaired) electrons. The topological polar surface area (TPSA) is 68.1 Å². The molecule has 0 aliphatic carbocycles. The van der Waals surface area contributed by atoms with Crippen molar-refractivity contribution >= 4 is 16.9 Å². The average Bonchev–Trinajstić information content (AvgIpc) is 2.76. The lowest BCUT2D eigenvalue weighted by molar-refractivity contribution is -0.144. The fourth-order valence-electron chi connectivity index (χ4n) is 1.81. The summed E-state index contributed by atoms with van der Waals surface area (Å²) in [6, 6.07) is 7.41. The maximum absolute atomic E-state index is 11.4. The van der Waals surface area contributed by atoms with Gasteiger partial charge in [0.05, 0.1) is 6.61 Å². The molecule has 1 heterocycles. The van der Waals surface area contributed by atoms with E-state index in [0.717, 1.165) is 16.5 Å². The van der Waals surface area contributed by atoms with E-state index in [-0.39, 0.29) is 5.97 Å². The fraction of sp³-hybridized carbons (Fsp3) is 0.308. The summed E-state index contributed by atoms with van der Waals surface area (Å²) in [4.78, 5) is 14.5. The molecule has 0 aliphatic rings. The first-order valence-electron chi connectivity index (χ1n) is 5.69. The minimum Gasteiger partial charge on any atom is -0.465 e. The highest BCUT2D eigenvalue weighted by molar-refractivity contribution is 5.80. The lowest BCUT2D eigenvalue weighted by Crippen LogP contribution is -2.34. The number of rotatable bonds is 4. The third kappa shape index (κ3) is 2.65. The van der Waals surface area contributed by atoms with Gasteiger partial charge in [-0.25, -0.2) is 0 Å². The third-order valence-electron chi connectivity index (χ3n) is 2.66. The van der Waals surface area contributed by atoms with Crippen molar-refractivity contribution in [1.82, 2.24) is 4.98 Å². The highest BCUT2D eigenvalue weighted by atomic mass is 16.5. The number of nitrogens with two attached hydrogens (primary N) is 1. The predicted octanol–water partition coefficient (Wildman–Crippen LogP) is 1.60. The molecule has 0 amide bonds. The molecule has 0 bridgehead atoms. The summed E-state index contributed by atoms with van der Waals surface area (Å²) in [5.41, 5.74) is 7.85. The number of carbonyl (C=O) groups is 1. The number of H-pyrrole nitrogens is 1. The standard InChI is InChI=1S/C13H16N2O2/c1-2-17-13(16)11(14)7-9-3-4-10-5-6-15-12(10)8-9/h3-6,8,11,15H,2,7,14H2,1H3. The predicted molar refractivity (Wildman–Crippen MR) is 66.6 cm³/mol. The quantitative estimate of drug-likeness (QED) is 0.787. The Kier molecular flexibility index (Phi) is 3.44. The van der Waals surface area contributed by atoms with E-state index in [1.807, 2.05) is 30.5 Å². The summed E-state index contributed by atoms with van der Waals surface area (Å²) in [7, 11) is 0. The summed E-state index contributed by atoms with van der Waals surface area (Å²) in [6.45, 7) is 2.14. The average molecular weight is 232 g/mol. The van der Waals surface area contributed by atoms with Crippen LogP contribution >= 0.6 is 0 Å². The van der Waals surface area contributed by atoms with Gasteiger partial charge in [0, 0.05) is 11.7 Å². The van der Waals surface area contributed by atoms with Crippen LogP contribution in [0.2, 0.25) is 0 Å². The van der Waals surface area contributed by atoms with Gasteiger partial charge in [-0.1, -0.05) is 12.1 Å². The molecule has 1 aromatic carbocycles. The normalized spacial score (nSPS) is 12.6. The smallest absolute Gasteiger partial charge is 0.323 e. The highest BCUT2D eigenvalue weighted by Crippen LogP contribution is 2.15. The fourth-order valence-corrected chi connectivity index (χ4v) is 1.81. The van der Waals surface area contributed by atoms with Crippen LogP contribution in [0.4, 0.5) is 0 Å². The monoisotopic (exact) mass is 232 g/mol. The van der Waals surface area contributed by atoms with Crippen molar-refractivity contribution in [2.24, 2.45) is 5.73 Å². The van der Waals surface area contributed by atoms with Crippen LogP contribution in [0.15, 0.2) is 30.5 Å². The van der Waals surface area contributed by atoms with Gasteiger partial charge in [0.2, 0.25) is 0 Å². The maximum Gasteiger partial charge on any atom is 0.323 e. The van der Waals surface area contributed by atoms with Gasteiger partial charge < -0.3 is 15.5 Å². The van der Waals surface area contributed by atoms with Crippen LogP contribution in [0.1, 0.15) is 12.5 Å². The van der Waals surface area contributed by atoms with E-state index < -0.39 is 6.04 Å². The molecule has 0 fully saturated rings. The van der Waals surface area contributed by atoms with Crippen LogP contribution in [0.25, 0.3) is 10.9 Å². The van der Waals surface area contributed by atoms with Crippen LogP contribution in [0.3, 0.4) is 0 Å². The number of aromatic nitrogens is 1. The number of carbonyl (C=O) groups excluding carboxylic acids is 1. The summed E-state index contributed by atoms with van der Waals surface area (Å²) in [5.74, 6) is -0.348. The van der Waals surface area contributed by atoms with E-state index in [9.17, 15) is 4.79 Å². The van der Waals surface area contributed by atoms with E-state index in [4.69, 9.17) is 10.5 Å². The van der Waals surface area contributed by atoms with Gasteiger partial charge in [0.25, 0.3) is 0 Å². The van der Waals surface area contributed by atoms with Gasteiger partial charge in [-0.3, -0.25) is 4.79 Å². The number of aromatic amines is 1. The minimum absolute atomic E-state index is 0.348. The van der Waals surface area contributed by atoms with E-state index >= 15 is 0 Å². The number of nitrogens with one attached hydrogen (secondary N) is 1. The van der Waals surface area contributed by atoms with Crippen molar-refractivity contribution in [2.75, 3.05) is 6.61 Å². The Hall–Kier alpha value is -1.81. The van der Waals surface area contributed by atoms with Crippen LogP contribution in [-0.4, -0.2) is 23.6 Å². The van der Waals surface area contributed by atoms with Gasteiger partial charge >= 0.3 is 5.97 Å². The first-order valence-corrected chi connectivity index (χ1v) is 5.69. The second kappa shape index (κ2) is 5.01. The van der Waals surface area contributed by atoms with Crippen LogP contribution in [0.5, 0.6) is 0 Å². The lowest BCUT2D eigenvalue weighted by Gasteiger charge is -2.10. The van der Waals surface area contributed by atoms with Gasteiger partial charge in [-0.15, -0.1) is 0 Å². The first kappa shape index (κ1) is 11.7. The molecule has 3 N–H and O–H groups in total.